The Labute approximate surface area is 140 Å². The molecule has 0 N–H and O–H groups in total. The summed E-state index contributed by atoms with van der Waals surface area (Å²) in [5, 5.41) is 0. The van der Waals surface area contributed by atoms with E-state index in [0.717, 1.165) is 17.7 Å². The van der Waals surface area contributed by atoms with Crippen molar-refractivity contribution in [1.29, 1.82) is 0 Å². The Morgan fingerprint density at radius 2 is 1.83 bits per heavy atom. The molecule has 124 valence electrons. The van der Waals surface area contributed by atoms with Crippen LogP contribution in [0.4, 0.5) is 0 Å². The average molecular weight is 326 g/mol. The fourth-order valence-electron chi connectivity index (χ4n) is 2.47. The Kier molecular flexibility index (Phi) is 4.79. The fraction of sp³-hybridized carbons (Fsp3) is 0.263. The first-order valence-corrected chi connectivity index (χ1v) is 7.91. The van der Waals surface area contributed by atoms with Crippen LogP contribution in [-0.2, 0) is 16.0 Å². The van der Waals surface area contributed by atoms with Gasteiger partial charge >= 0.3 is 11.9 Å². The molecule has 1 aliphatic rings. The smallest absolute Gasteiger partial charge is 0.353 e. The highest BCUT2D eigenvalue weighted by Gasteiger charge is 2.32. The Balaban J connectivity index is 1.64. The van der Waals surface area contributed by atoms with E-state index >= 15 is 0 Å². The Morgan fingerprint density at radius 3 is 2.58 bits per heavy atom. The minimum absolute atomic E-state index is 0.318. The quantitative estimate of drug-likeness (QED) is 0.624. The van der Waals surface area contributed by atoms with Gasteiger partial charge in [-0.3, -0.25) is 0 Å². The number of rotatable bonds is 5. The predicted molar refractivity (Wildman–Crippen MR) is 87.2 cm³/mol. The van der Waals surface area contributed by atoms with Crippen LogP contribution in [0.25, 0.3) is 0 Å². The van der Waals surface area contributed by atoms with Gasteiger partial charge in [0, 0.05) is 6.42 Å². The van der Waals surface area contributed by atoms with Gasteiger partial charge in [0.15, 0.2) is 0 Å². The van der Waals surface area contributed by atoms with Gasteiger partial charge in [-0.25, -0.2) is 9.59 Å². The van der Waals surface area contributed by atoms with E-state index in [1.54, 1.807) is 36.4 Å². The number of ether oxygens (including phenoxy) is 3. The maximum absolute atomic E-state index is 12.2. The minimum atomic E-state index is -0.927. The highest BCUT2D eigenvalue weighted by atomic mass is 16.6. The molecule has 5 nitrogen and oxygen atoms in total. The number of carbonyl (C=O) groups is 2. The lowest BCUT2D eigenvalue weighted by Crippen LogP contribution is -2.36. The van der Waals surface area contributed by atoms with Crippen molar-refractivity contribution in [2.75, 3.05) is 6.61 Å². The zero-order valence-corrected chi connectivity index (χ0v) is 13.4. The molecule has 1 heterocycles. The van der Waals surface area contributed by atoms with E-state index in [2.05, 4.69) is 0 Å². The molecule has 0 aromatic heterocycles. The lowest BCUT2D eigenvalue weighted by molar-refractivity contribution is -0.144. The van der Waals surface area contributed by atoms with Crippen molar-refractivity contribution >= 4 is 11.9 Å². The second-order valence-electron chi connectivity index (χ2n) is 5.50. The van der Waals surface area contributed by atoms with Crippen molar-refractivity contribution in [3.8, 4) is 11.5 Å². The van der Waals surface area contributed by atoms with Crippen LogP contribution in [0.3, 0.4) is 0 Å². The third kappa shape index (κ3) is 3.56. The van der Waals surface area contributed by atoms with Crippen LogP contribution < -0.4 is 9.47 Å². The summed E-state index contributed by atoms with van der Waals surface area (Å²) < 4.78 is 16.0. The lowest BCUT2D eigenvalue weighted by atomic mass is 9.99. The van der Waals surface area contributed by atoms with Crippen LogP contribution in [0.2, 0.25) is 0 Å². The van der Waals surface area contributed by atoms with Gasteiger partial charge < -0.3 is 14.2 Å². The van der Waals surface area contributed by atoms with E-state index < -0.39 is 18.0 Å². The van der Waals surface area contributed by atoms with Gasteiger partial charge in [-0.15, -0.1) is 0 Å². The first kappa shape index (κ1) is 16.1. The van der Waals surface area contributed by atoms with Gasteiger partial charge in [0.05, 0.1) is 12.2 Å². The summed E-state index contributed by atoms with van der Waals surface area (Å²) in [5.74, 6) is 0.0237. The van der Waals surface area contributed by atoms with Crippen LogP contribution in [0.1, 0.15) is 29.3 Å². The highest BCUT2D eigenvalue weighted by molar-refractivity contribution is 5.95. The van der Waals surface area contributed by atoms with Gasteiger partial charge in [-0.05, 0) is 42.3 Å². The Hall–Kier alpha value is -2.82. The van der Waals surface area contributed by atoms with Crippen molar-refractivity contribution < 1.29 is 23.8 Å². The second-order valence-corrected chi connectivity index (χ2v) is 5.50. The third-order valence-electron chi connectivity index (χ3n) is 3.67. The van der Waals surface area contributed by atoms with E-state index in [1.807, 2.05) is 19.1 Å². The summed E-state index contributed by atoms with van der Waals surface area (Å²) in [6.07, 6.45) is 0.312. The fourth-order valence-corrected chi connectivity index (χ4v) is 2.47. The molecule has 0 spiro atoms. The number of esters is 2. The molecule has 1 aliphatic heterocycles. The van der Waals surface area contributed by atoms with Crippen LogP contribution in [-0.4, -0.2) is 24.6 Å². The van der Waals surface area contributed by atoms with Gasteiger partial charge in [0.2, 0.25) is 6.10 Å². The molecule has 5 heteroatoms. The number of carbonyl (C=O) groups excluding carboxylic acids is 2. The molecule has 0 saturated heterocycles. The molecule has 24 heavy (non-hydrogen) atoms. The molecule has 0 amide bonds. The molecule has 0 fully saturated rings. The maximum atomic E-state index is 12.2. The Morgan fingerprint density at radius 1 is 1.12 bits per heavy atom. The molecule has 0 saturated carbocycles. The molecule has 1 atom stereocenters. The topological polar surface area (TPSA) is 61.8 Å². The van der Waals surface area contributed by atoms with E-state index in [-0.39, 0.29) is 0 Å². The van der Waals surface area contributed by atoms with E-state index in [4.69, 9.17) is 14.2 Å². The molecule has 2 aromatic carbocycles. The predicted octanol–water partition coefficient (Wildman–Crippen LogP) is 3.16. The van der Waals surface area contributed by atoms with E-state index in [1.165, 1.54) is 0 Å². The number of cyclic esters (lactones) is 1. The normalized spacial score (nSPS) is 16.0. The van der Waals surface area contributed by atoms with Gasteiger partial charge in [-0.2, -0.15) is 0 Å². The largest absolute Gasteiger partial charge is 0.494 e. The van der Waals surface area contributed by atoms with Crippen molar-refractivity contribution in [3.63, 3.8) is 0 Å². The van der Waals surface area contributed by atoms with Gasteiger partial charge in [0.1, 0.15) is 11.5 Å². The van der Waals surface area contributed by atoms with Gasteiger partial charge in [0.25, 0.3) is 0 Å². The van der Waals surface area contributed by atoms with Crippen LogP contribution in [0, 0.1) is 0 Å². The van der Waals surface area contributed by atoms with E-state index in [9.17, 15) is 9.59 Å². The molecule has 0 bridgehead atoms. The lowest BCUT2D eigenvalue weighted by Gasteiger charge is -2.23. The second kappa shape index (κ2) is 7.17. The van der Waals surface area contributed by atoms with Crippen LogP contribution in [0.15, 0.2) is 48.5 Å². The minimum Gasteiger partial charge on any atom is -0.494 e. The first-order valence-electron chi connectivity index (χ1n) is 7.91. The standard InChI is InChI=1S/C19H18O5/c1-2-11-22-14-7-9-15(10-8-14)23-19(21)17-12-13-5-3-4-6-16(13)18(20)24-17/h3-10,17H,2,11-12H2,1H3. The number of hydrogen-bond donors (Lipinski definition) is 0. The highest BCUT2D eigenvalue weighted by Crippen LogP contribution is 2.23. The molecule has 2 aromatic rings. The van der Waals surface area contributed by atoms with Crippen LogP contribution in [0.5, 0.6) is 11.5 Å². The van der Waals surface area contributed by atoms with Crippen molar-refractivity contribution in [2.24, 2.45) is 0 Å². The summed E-state index contributed by atoms with van der Waals surface area (Å²) in [5.41, 5.74) is 1.29. The van der Waals surface area contributed by atoms with Crippen LogP contribution >= 0.6 is 0 Å². The molecular formula is C19H18O5. The molecule has 0 radical (unpaired) electrons. The SMILES string of the molecule is CCCOc1ccc(OC(=O)C2Cc3ccccc3C(=O)O2)cc1. The van der Waals surface area contributed by atoms with Crippen molar-refractivity contribution in [2.45, 2.75) is 25.9 Å². The molecule has 1 unspecified atom stereocenters. The monoisotopic (exact) mass is 326 g/mol. The summed E-state index contributed by atoms with van der Waals surface area (Å²) in [6, 6.07) is 13.9. The third-order valence-corrected chi connectivity index (χ3v) is 3.67. The van der Waals surface area contributed by atoms with Crippen molar-refractivity contribution in [1.82, 2.24) is 0 Å². The summed E-state index contributed by atoms with van der Waals surface area (Å²) >= 11 is 0. The Bertz CT molecular complexity index is 736. The zero-order chi connectivity index (χ0) is 16.9. The van der Waals surface area contributed by atoms with Gasteiger partial charge in [-0.1, -0.05) is 25.1 Å². The average Bonchev–Trinajstić information content (AvgIpc) is 2.61. The summed E-state index contributed by atoms with van der Waals surface area (Å²) in [7, 11) is 0. The zero-order valence-electron chi connectivity index (χ0n) is 13.4. The number of fused-ring (bicyclic) bond motifs is 1. The molecule has 3 rings (SSSR count). The van der Waals surface area contributed by atoms with E-state index in [0.29, 0.717) is 24.3 Å². The summed E-state index contributed by atoms with van der Waals surface area (Å²) in [6.45, 7) is 2.66. The number of hydrogen-bond acceptors (Lipinski definition) is 5. The maximum Gasteiger partial charge on any atom is 0.353 e. The van der Waals surface area contributed by atoms with Crippen molar-refractivity contribution in [3.05, 3.63) is 59.7 Å². The first-order chi connectivity index (χ1) is 11.7. The summed E-state index contributed by atoms with van der Waals surface area (Å²) in [4.78, 5) is 24.2. The number of benzene rings is 2. The molecular weight excluding hydrogens is 308 g/mol. The molecule has 0 aliphatic carbocycles.